The summed E-state index contributed by atoms with van der Waals surface area (Å²) in [4.78, 5) is 12.4. The van der Waals surface area contributed by atoms with Gasteiger partial charge in [0.1, 0.15) is 0 Å². The van der Waals surface area contributed by atoms with Gasteiger partial charge in [-0.3, -0.25) is 10.1 Å². The molecule has 1 saturated heterocycles. The van der Waals surface area contributed by atoms with Gasteiger partial charge in [-0.2, -0.15) is 0 Å². The van der Waals surface area contributed by atoms with Gasteiger partial charge in [-0.1, -0.05) is 0 Å². The van der Waals surface area contributed by atoms with Crippen molar-refractivity contribution in [1.29, 1.82) is 0 Å². The second kappa shape index (κ2) is 5.41. The topological polar surface area (TPSA) is 102 Å². The molecule has 0 saturated carbocycles. The van der Waals surface area contributed by atoms with Crippen LogP contribution in [0.2, 0.25) is 0 Å². The van der Waals surface area contributed by atoms with Gasteiger partial charge in [-0.25, -0.2) is 0 Å². The second-order valence-electron chi connectivity index (χ2n) is 4.68. The van der Waals surface area contributed by atoms with E-state index in [0.717, 1.165) is 0 Å². The van der Waals surface area contributed by atoms with Crippen molar-refractivity contribution in [3.05, 3.63) is 28.3 Å². The third-order valence-electron chi connectivity index (χ3n) is 3.18. The fraction of sp³-hybridized carbons (Fsp3) is 0.500. The van der Waals surface area contributed by atoms with Crippen LogP contribution in [-0.4, -0.2) is 41.9 Å². The monoisotopic (exact) mass is 267 g/mol. The average molecular weight is 267 g/mol. The van der Waals surface area contributed by atoms with Gasteiger partial charge in [0.25, 0.3) is 5.69 Å². The number of nitrogens with two attached hydrogens (primary N) is 1. The predicted octanol–water partition coefficient (Wildman–Crippen LogP) is 0.763. The highest BCUT2D eigenvalue weighted by molar-refractivity contribution is 5.63. The van der Waals surface area contributed by atoms with Crippen molar-refractivity contribution in [2.45, 2.75) is 19.1 Å². The first-order valence-electron chi connectivity index (χ1n) is 6.05. The van der Waals surface area contributed by atoms with Crippen molar-refractivity contribution >= 4 is 17.1 Å². The number of non-ortho nitro benzene ring substituents is 1. The lowest BCUT2D eigenvalue weighted by molar-refractivity contribution is -0.384. The van der Waals surface area contributed by atoms with E-state index in [2.05, 4.69) is 0 Å². The zero-order chi connectivity index (χ0) is 14.0. The number of nitrogens with zero attached hydrogens (tertiary/aromatic N) is 2. The minimum absolute atomic E-state index is 0.0331. The average Bonchev–Trinajstić information content (AvgIpc) is 2.38. The molecule has 0 aliphatic carbocycles. The number of nitro benzene ring substituents is 1. The van der Waals surface area contributed by atoms with E-state index in [4.69, 9.17) is 15.6 Å². The molecule has 0 spiro atoms. The van der Waals surface area contributed by atoms with E-state index >= 15 is 0 Å². The maximum absolute atomic E-state index is 10.9. The summed E-state index contributed by atoms with van der Waals surface area (Å²) in [5.41, 5.74) is 6.70. The summed E-state index contributed by atoms with van der Waals surface area (Å²) in [6, 6.07) is 4.60. The Morgan fingerprint density at radius 1 is 1.58 bits per heavy atom. The minimum Gasteiger partial charge on any atom is -0.398 e. The first kappa shape index (κ1) is 13.6. The maximum atomic E-state index is 10.9. The lowest BCUT2D eigenvalue weighted by Gasteiger charge is -2.39. The fourth-order valence-electron chi connectivity index (χ4n) is 2.18. The van der Waals surface area contributed by atoms with Gasteiger partial charge >= 0.3 is 0 Å². The Morgan fingerprint density at radius 2 is 2.32 bits per heavy atom. The molecule has 0 bridgehead atoms. The van der Waals surface area contributed by atoms with E-state index in [9.17, 15) is 10.1 Å². The third-order valence-corrected chi connectivity index (χ3v) is 3.18. The van der Waals surface area contributed by atoms with E-state index in [0.29, 0.717) is 24.5 Å². The Balaban J connectivity index is 2.31. The number of nitro groups is 1. The molecule has 1 aliphatic heterocycles. The van der Waals surface area contributed by atoms with Crippen LogP contribution in [0, 0.1) is 10.1 Å². The quantitative estimate of drug-likeness (QED) is 0.476. The molecule has 0 amide bonds. The zero-order valence-corrected chi connectivity index (χ0v) is 10.7. The van der Waals surface area contributed by atoms with Gasteiger partial charge < -0.3 is 20.5 Å². The summed E-state index contributed by atoms with van der Waals surface area (Å²) in [5.74, 6) is 0. The predicted molar refractivity (Wildman–Crippen MR) is 71.1 cm³/mol. The molecule has 2 rings (SSSR count). The standard InChI is InChI=1S/C12H17N3O4/c1-8-7-19-12(6-16)5-14(8)10-2-9(13)3-11(4-10)15(17)18/h2-4,8,12,16H,5-7,13H2,1H3. The lowest BCUT2D eigenvalue weighted by atomic mass is 10.1. The summed E-state index contributed by atoms with van der Waals surface area (Å²) < 4.78 is 5.44. The number of anilines is 2. The Morgan fingerprint density at radius 3 is 2.95 bits per heavy atom. The number of hydrogen-bond acceptors (Lipinski definition) is 6. The van der Waals surface area contributed by atoms with Crippen LogP contribution in [-0.2, 0) is 4.74 Å². The Kier molecular flexibility index (Phi) is 3.87. The number of rotatable bonds is 3. The molecule has 1 aliphatic rings. The Bertz CT molecular complexity index is 480. The molecule has 3 N–H and O–H groups in total. The van der Waals surface area contributed by atoms with E-state index in [-0.39, 0.29) is 24.4 Å². The molecular formula is C12H17N3O4. The van der Waals surface area contributed by atoms with Crippen molar-refractivity contribution in [3.8, 4) is 0 Å². The van der Waals surface area contributed by atoms with Crippen LogP contribution in [0.25, 0.3) is 0 Å². The minimum atomic E-state index is -0.464. The van der Waals surface area contributed by atoms with Gasteiger partial charge in [-0.15, -0.1) is 0 Å². The Labute approximate surface area is 110 Å². The smallest absolute Gasteiger partial charge is 0.273 e. The summed E-state index contributed by atoms with van der Waals surface area (Å²) in [7, 11) is 0. The van der Waals surface area contributed by atoms with Gasteiger partial charge in [0.15, 0.2) is 0 Å². The molecule has 19 heavy (non-hydrogen) atoms. The van der Waals surface area contributed by atoms with Gasteiger partial charge in [0.05, 0.1) is 24.2 Å². The number of benzene rings is 1. The number of morpholine rings is 1. The van der Waals surface area contributed by atoms with Crippen molar-refractivity contribution in [2.75, 3.05) is 30.4 Å². The molecule has 2 atom stereocenters. The second-order valence-corrected chi connectivity index (χ2v) is 4.68. The summed E-state index contributed by atoms with van der Waals surface area (Å²) in [6.45, 7) is 2.84. The SMILES string of the molecule is CC1COC(CO)CN1c1cc(N)cc([N+](=O)[O-])c1. The molecule has 1 heterocycles. The van der Waals surface area contributed by atoms with E-state index in [1.165, 1.54) is 12.1 Å². The van der Waals surface area contributed by atoms with E-state index < -0.39 is 4.92 Å². The molecule has 104 valence electrons. The molecule has 1 aromatic rings. The zero-order valence-electron chi connectivity index (χ0n) is 10.7. The highest BCUT2D eigenvalue weighted by atomic mass is 16.6. The third kappa shape index (κ3) is 2.94. The molecule has 0 aromatic heterocycles. The molecule has 2 unspecified atom stereocenters. The molecular weight excluding hydrogens is 250 g/mol. The number of aliphatic hydroxyl groups excluding tert-OH is 1. The van der Waals surface area contributed by atoms with Gasteiger partial charge in [0.2, 0.25) is 0 Å². The van der Waals surface area contributed by atoms with Gasteiger partial charge in [-0.05, 0) is 13.0 Å². The van der Waals surface area contributed by atoms with Crippen LogP contribution in [0.1, 0.15) is 6.92 Å². The first-order chi connectivity index (χ1) is 9.01. The van der Waals surface area contributed by atoms with Crippen LogP contribution in [0.15, 0.2) is 18.2 Å². The van der Waals surface area contributed by atoms with Crippen LogP contribution < -0.4 is 10.6 Å². The van der Waals surface area contributed by atoms with Crippen molar-refractivity contribution in [2.24, 2.45) is 0 Å². The first-order valence-corrected chi connectivity index (χ1v) is 6.05. The molecule has 7 nitrogen and oxygen atoms in total. The van der Waals surface area contributed by atoms with Crippen LogP contribution in [0.3, 0.4) is 0 Å². The maximum Gasteiger partial charge on any atom is 0.273 e. The van der Waals surface area contributed by atoms with Crippen molar-refractivity contribution in [1.82, 2.24) is 0 Å². The number of hydrogen-bond donors (Lipinski definition) is 2. The summed E-state index contributed by atoms with van der Waals surface area (Å²) >= 11 is 0. The lowest BCUT2D eigenvalue weighted by Crippen LogP contribution is -2.49. The molecule has 7 heteroatoms. The fourth-order valence-corrected chi connectivity index (χ4v) is 2.18. The number of ether oxygens (including phenoxy) is 1. The van der Waals surface area contributed by atoms with Crippen molar-refractivity contribution in [3.63, 3.8) is 0 Å². The van der Waals surface area contributed by atoms with Crippen LogP contribution in [0.5, 0.6) is 0 Å². The Hall–Kier alpha value is -1.86. The van der Waals surface area contributed by atoms with Crippen LogP contribution in [0.4, 0.5) is 17.1 Å². The molecule has 0 radical (unpaired) electrons. The highest BCUT2D eigenvalue weighted by Gasteiger charge is 2.27. The summed E-state index contributed by atoms with van der Waals surface area (Å²) in [5, 5.41) is 20.0. The van der Waals surface area contributed by atoms with Gasteiger partial charge in [0, 0.05) is 36.1 Å². The number of nitrogen functional groups attached to an aromatic ring is 1. The van der Waals surface area contributed by atoms with E-state index in [1.807, 2.05) is 11.8 Å². The van der Waals surface area contributed by atoms with E-state index in [1.54, 1.807) is 6.07 Å². The highest BCUT2D eigenvalue weighted by Crippen LogP contribution is 2.28. The largest absolute Gasteiger partial charge is 0.398 e. The molecule has 1 aromatic carbocycles. The summed E-state index contributed by atoms with van der Waals surface area (Å²) in [6.07, 6.45) is -0.281. The van der Waals surface area contributed by atoms with Crippen molar-refractivity contribution < 1.29 is 14.8 Å². The number of aliphatic hydroxyl groups is 1. The normalized spacial score (nSPS) is 23.4. The van der Waals surface area contributed by atoms with Crippen LogP contribution >= 0.6 is 0 Å². The molecule has 1 fully saturated rings.